The molecule has 0 fully saturated rings. The average molecular weight is 168 g/mol. The maximum Gasteiger partial charge on any atom is 0.160 e. The van der Waals surface area contributed by atoms with Gasteiger partial charge in [-0.1, -0.05) is 12.2 Å². The molecule has 0 spiro atoms. The number of hydrogen-bond acceptors (Lipinski definition) is 2. The van der Waals surface area contributed by atoms with Gasteiger partial charge in [-0.05, 0) is 26.0 Å². The predicted molar refractivity (Wildman–Crippen MR) is 50.7 cm³/mol. The molecule has 0 unspecified atom stereocenters. The van der Waals surface area contributed by atoms with Crippen molar-refractivity contribution in [3.63, 3.8) is 0 Å². The van der Waals surface area contributed by atoms with Crippen molar-refractivity contribution in [2.24, 2.45) is 0 Å². The van der Waals surface area contributed by atoms with Crippen molar-refractivity contribution in [1.82, 2.24) is 0 Å². The molecule has 0 aliphatic heterocycles. The predicted octanol–water partition coefficient (Wildman–Crippen LogP) is 2.64. The van der Waals surface area contributed by atoms with Crippen molar-refractivity contribution >= 4 is 0 Å². The molecule has 0 aromatic carbocycles. The highest BCUT2D eigenvalue weighted by Crippen LogP contribution is 2.10. The lowest BCUT2D eigenvalue weighted by Gasteiger charge is -2.07. The Bertz CT molecular complexity index is 200. The minimum Gasteiger partial charge on any atom is -0.493 e. The molecule has 0 aromatic heterocycles. The molecule has 0 aliphatic carbocycles. The zero-order valence-corrected chi connectivity index (χ0v) is 8.13. The second-order valence-electron chi connectivity index (χ2n) is 2.12. The lowest BCUT2D eigenvalue weighted by molar-refractivity contribution is 0.220. The van der Waals surface area contributed by atoms with Crippen LogP contribution < -0.4 is 0 Å². The third-order valence-corrected chi connectivity index (χ3v) is 1.38. The van der Waals surface area contributed by atoms with Gasteiger partial charge in [0.1, 0.15) is 0 Å². The number of ether oxygens (including phenoxy) is 2. The first-order valence-corrected chi connectivity index (χ1v) is 3.87. The van der Waals surface area contributed by atoms with Crippen molar-refractivity contribution in [1.29, 1.82) is 0 Å². The number of methoxy groups -OCH3 is 2. The molecule has 0 radical (unpaired) electrons. The maximum absolute atomic E-state index is 5.11. The zero-order valence-electron chi connectivity index (χ0n) is 8.13. The second-order valence-corrected chi connectivity index (χ2v) is 2.12. The largest absolute Gasteiger partial charge is 0.493 e. The number of allylic oxidation sites excluding steroid dienone is 4. The Labute approximate surface area is 74.2 Å². The first-order valence-electron chi connectivity index (χ1n) is 3.87. The first-order chi connectivity index (χ1) is 5.79. The van der Waals surface area contributed by atoms with Crippen LogP contribution in [0.4, 0.5) is 0 Å². The van der Waals surface area contributed by atoms with E-state index in [1.807, 2.05) is 38.2 Å². The molecule has 0 heterocycles. The molecule has 0 bridgehead atoms. The summed E-state index contributed by atoms with van der Waals surface area (Å²) in [4.78, 5) is 0. The highest BCUT2D eigenvalue weighted by Gasteiger charge is 2.00. The van der Waals surface area contributed by atoms with Gasteiger partial charge in [0.05, 0.1) is 14.2 Å². The summed E-state index contributed by atoms with van der Waals surface area (Å²) in [6, 6.07) is 0. The van der Waals surface area contributed by atoms with E-state index >= 15 is 0 Å². The molecule has 2 nitrogen and oxygen atoms in total. The summed E-state index contributed by atoms with van der Waals surface area (Å²) in [5.74, 6) is 1.48. The highest BCUT2D eigenvalue weighted by atomic mass is 16.5. The van der Waals surface area contributed by atoms with E-state index < -0.39 is 0 Å². The maximum atomic E-state index is 5.11. The van der Waals surface area contributed by atoms with E-state index in [4.69, 9.17) is 9.47 Å². The van der Waals surface area contributed by atoms with Crippen LogP contribution >= 0.6 is 0 Å². The molecule has 0 aliphatic rings. The van der Waals surface area contributed by atoms with Gasteiger partial charge in [0.25, 0.3) is 0 Å². The van der Waals surface area contributed by atoms with Crippen LogP contribution in [0, 0.1) is 0 Å². The first kappa shape index (κ1) is 10.8. The normalized spacial score (nSPS) is 13.7. The van der Waals surface area contributed by atoms with Crippen molar-refractivity contribution in [2.75, 3.05) is 14.2 Å². The fraction of sp³-hybridized carbons (Fsp3) is 0.400. The van der Waals surface area contributed by atoms with Gasteiger partial charge < -0.3 is 9.47 Å². The molecule has 0 saturated carbocycles. The zero-order chi connectivity index (χ0) is 9.40. The summed E-state index contributed by atoms with van der Waals surface area (Å²) >= 11 is 0. The van der Waals surface area contributed by atoms with E-state index in [1.165, 1.54) is 0 Å². The van der Waals surface area contributed by atoms with Crippen LogP contribution in [0.5, 0.6) is 0 Å². The topological polar surface area (TPSA) is 18.5 Å². The van der Waals surface area contributed by atoms with Gasteiger partial charge in [-0.2, -0.15) is 0 Å². The van der Waals surface area contributed by atoms with Gasteiger partial charge in [-0.3, -0.25) is 0 Å². The van der Waals surface area contributed by atoms with E-state index in [0.29, 0.717) is 0 Å². The van der Waals surface area contributed by atoms with Crippen LogP contribution in [-0.2, 0) is 9.47 Å². The fourth-order valence-electron chi connectivity index (χ4n) is 0.795. The van der Waals surface area contributed by atoms with E-state index in [1.54, 1.807) is 14.2 Å². The molecular weight excluding hydrogens is 152 g/mol. The van der Waals surface area contributed by atoms with Crippen LogP contribution in [-0.4, -0.2) is 14.2 Å². The van der Waals surface area contributed by atoms with Gasteiger partial charge >= 0.3 is 0 Å². The fourth-order valence-corrected chi connectivity index (χ4v) is 0.795. The lowest BCUT2D eigenvalue weighted by atomic mass is 10.3. The molecule has 68 valence electrons. The summed E-state index contributed by atoms with van der Waals surface area (Å²) in [5, 5.41) is 0. The molecule has 0 N–H and O–H groups in total. The summed E-state index contributed by atoms with van der Waals surface area (Å²) in [5.41, 5.74) is 0. The van der Waals surface area contributed by atoms with Crippen molar-refractivity contribution in [3.05, 3.63) is 35.8 Å². The Morgan fingerprint density at radius 1 is 1.00 bits per heavy atom. The van der Waals surface area contributed by atoms with Crippen molar-refractivity contribution in [3.8, 4) is 0 Å². The SMILES string of the molecule is C\C=C/C=C(OC)\C(=C/C)OC. The summed E-state index contributed by atoms with van der Waals surface area (Å²) < 4.78 is 10.2. The minimum atomic E-state index is 0.734. The monoisotopic (exact) mass is 168 g/mol. The van der Waals surface area contributed by atoms with Crippen LogP contribution in [0.1, 0.15) is 13.8 Å². The van der Waals surface area contributed by atoms with Gasteiger partial charge in [-0.15, -0.1) is 0 Å². The van der Waals surface area contributed by atoms with Crippen molar-refractivity contribution in [2.45, 2.75) is 13.8 Å². The summed E-state index contributed by atoms with van der Waals surface area (Å²) in [7, 11) is 3.25. The Balaban J connectivity index is 4.53. The third-order valence-electron chi connectivity index (χ3n) is 1.38. The third kappa shape index (κ3) is 3.28. The van der Waals surface area contributed by atoms with Gasteiger partial charge in [-0.25, -0.2) is 0 Å². The quantitative estimate of drug-likeness (QED) is 0.474. The van der Waals surface area contributed by atoms with Gasteiger partial charge in [0.15, 0.2) is 11.5 Å². The Morgan fingerprint density at radius 2 is 1.58 bits per heavy atom. The van der Waals surface area contributed by atoms with Crippen LogP contribution in [0.25, 0.3) is 0 Å². The Kier molecular flexibility index (Phi) is 5.88. The van der Waals surface area contributed by atoms with Gasteiger partial charge in [0.2, 0.25) is 0 Å². The summed E-state index contributed by atoms with van der Waals surface area (Å²) in [6.45, 7) is 3.85. The average Bonchev–Trinajstić information content (AvgIpc) is 2.12. The van der Waals surface area contributed by atoms with E-state index in [-0.39, 0.29) is 0 Å². The Morgan fingerprint density at radius 3 is 1.92 bits per heavy atom. The Hall–Kier alpha value is -1.18. The molecule has 12 heavy (non-hydrogen) atoms. The summed E-state index contributed by atoms with van der Waals surface area (Å²) in [6.07, 6.45) is 7.56. The lowest BCUT2D eigenvalue weighted by Crippen LogP contribution is -1.94. The smallest absolute Gasteiger partial charge is 0.160 e. The molecule has 0 aromatic rings. The number of rotatable bonds is 4. The molecule has 0 saturated heterocycles. The molecule has 2 heteroatoms. The van der Waals surface area contributed by atoms with E-state index in [9.17, 15) is 0 Å². The number of hydrogen-bond donors (Lipinski definition) is 0. The van der Waals surface area contributed by atoms with Crippen LogP contribution in [0.2, 0.25) is 0 Å². The minimum absolute atomic E-state index is 0.734. The highest BCUT2D eigenvalue weighted by molar-refractivity contribution is 5.23. The van der Waals surface area contributed by atoms with E-state index in [0.717, 1.165) is 11.5 Å². The van der Waals surface area contributed by atoms with Gasteiger partial charge in [0, 0.05) is 0 Å². The second kappa shape index (κ2) is 6.53. The molecule has 0 atom stereocenters. The van der Waals surface area contributed by atoms with Crippen LogP contribution in [0.3, 0.4) is 0 Å². The van der Waals surface area contributed by atoms with Crippen LogP contribution in [0.15, 0.2) is 35.8 Å². The van der Waals surface area contributed by atoms with E-state index in [2.05, 4.69) is 0 Å². The molecule has 0 amide bonds. The molecular formula is C10H16O2. The van der Waals surface area contributed by atoms with Crippen molar-refractivity contribution < 1.29 is 9.47 Å². The standard InChI is InChI=1S/C10H16O2/c1-5-7-8-10(12-4)9(6-2)11-3/h5-8H,1-4H3/b7-5-,9-6+,10-8+. The molecule has 0 rings (SSSR count).